The highest BCUT2D eigenvalue weighted by atomic mass is 16.5. The molecule has 0 N–H and O–H groups in total. The minimum Gasteiger partial charge on any atom is -0.467 e. The van der Waals surface area contributed by atoms with Crippen molar-refractivity contribution >= 4 is 0 Å². The van der Waals surface area contributed by atoms with Gasteiger partial charge in [-0.1, -0.05) is 25.7 Å². The van der Waals surface area contributed by atoms with Crippen LogP contribution in [0, 0.1) is 17.8 Å². The van der Waals surface area contributed by atoms with E-state index in [-0.39, 0.29) is 0 Å². The summed E-state index contributed by atoms with van der Waals surface area (Å²) in [6, 6.07) is 0.370. The number of hydrogen-bond donors (Lipinski definition) is 0. The average molecular weight is 176 g/mol. The Hall–Kier alpha value is -1.56. The number of methoxy groups -OCH3 is 1. The fourth-order valence-corrected chi connectivity index (χ4v) is 0.714. The van der Waals surface area contributed by atoms with Gasteiger partial charge in [0, 0.05) is 18.3 Å². The van der Waals surface area contributed by atoms with E-state index in [9.17, 15) is 0 Å². The number of aromatic nitrogens is 2. The number of ether oxygens (including phenoxy) is 1. The molecule has 0 aliphatic carbocycles. The quantitative estimate of drug-likeness (QED) is 0.608. The van der Waals surface area contributed by atoms with Crippen LogP contribution in [-0.4, -0.2) is 17.1 Å². The minimum absolute atomic E-state index is 0.363. The lowest BCUT2D eigenvalue weighted by Crippen LogP contribution is -1.91. The van der Waals surface area contributed by atoms with Crippen LogP contribution in [0.4, 0.5) is 0 Å². The first kappa shape index (κ1) is 9.53. The maximum absolute atomic E-state index is 4.82. The Kier molecular flexibility index (Phi) is 3.27. The van der Waals surface area contributed by atoms with E-state index < -0.39 is 0 Å². The smallest absolute Gasteiger partial charge is 0.316 e. The van der Waals surface area contributed by atoms with Crippen LogP contribution in [0.2, 0.25) is 0 Å². The Balaban J connectivity index is 2.77. The van der Waals surface area contributed by atoms with Gasteiger partial charge < -0.3 is 4.74 Å². The van der Waals surface area contributed by atoms with E-state index >= 15 is 0 Å². The first-order valence-electron chi connectivity index (χ1n) is 4.10. The van der Waals surface area contributed by atoms with Crippen molar-refractivity contribution < 1.29 is 4.74 Å². The lowest BCUT2D eigenvalue weighted by molar-refractivity contribution is 0.379. The van der Waals surface area contributed by atoms with Gasteiger partial charge in [-0.3, -0.25) is 0 Å². The molecule has 0 atom stereocenters. The molecule has 1 rings (SSSR count). The molecular formula is C10H12N2O. The van der Waals surface area contributed by atoms with Gasteiger partial charge in [0.05, 0.1) is 12.7 Å². The number of nitrogens with zero attached hydrogens (tertiary/aromatic N) is 2. The van der Waals surface area contributed by atoms with Gasteiger partial charge in [0.2, 0.25) is 0 Å². The third-order valence-corrected chi connectivity index (χ3v) is 1.32. The fraction of sp³-hybridized carbons (Fsp3) is 0.400. The minimum atomic E-state index is 0.363. The average Bonchev–Trinajstić information content (AvgIpc) is 2.15. The summed E-state index contributed by atoms with van der Waals surface area (Å²) in [6.07, 6.45) is 3.31. The molecule has 0 radical (unpaired) electrons. The Bertz CT molecular complexity index is 319. The molecule has 0 saturated carbocycles. The summed E-state index contributed by atoms with van der Waals surface area (Å²) in [4.78, 5) is 7.88. The van der Waals surface area contributed by atoms with Crippen molar-refractivity contribution in [2.75, 3.05) is 7.11 Å². The van der Waals surface area contributed by atoms with Crippen molar-refractivity contribution in [2.45, 2.75) is 13.8 Å². The zero-order valence-electron chi connectivity index (χ0n) is 8.03. The van der Waals surface area contributed by atoms with Crippen LogP contribution >= 0.6 is 0 Å². The summed E-state index contributed by atoms with van der Waals surface area (Å²) in [6.45, 7) is 4.08. The van der Waals surface area contributed by atoms with Crippen molar-refractivity contribution in [3.8, 4) is 17.9 Å². The van der Waals surface area contributed by atoms with Crippen LogP contribution in [0.15, 0.2) is 12.4 Å². The standard InChI is InChI=1S/C10H12N2O/c1-8(2)4-5-9-6-11-10(13-3)12-7-9/h6-8H,1-3H3. The molecule has 3 nitrogen and oxygen atoms in total. The summed E-state index contributed by atoms with van der Waals surface area (Å²) in [5.74, 6) is 6.36. The first-order chi connectivity index (χ1) is 6.22. The van der Waals surface area contributed by atoms with E-state index in [1.54, 1.807) is 12.4 Å². The molecule has 0 aliphatic heterocycles. The summed E-state index contributed by atoms with van der Waals surface area (Å²) in [5.41, 5.74) is 0.814. The molecule has 3 heteroatoms. The van der Waals surface area contributed by atoms with Crippen molar-refractivity contribution in [3.63, 3.8) is 0 Å². The molecule has 0 spiro atoms. The van der Waals surface area contributed by atoms with Crippen molar-refractivity contribution in [3.05, 3.63) is 18.0 Å². The van der Waals surface area contributed by atoms with Crippen LogP contribution in [-0.2, 0) is 0 Å². The second kappa shape index (κ2) is 4.46. The van der Waals surface area contributed by atoms with Crippen LogP contribution < -0.4 is 4.74 Å². The third-order valence-electron chi connectivity index (χ3n) is 1.32. The van der Waals surface area contributed by atoms with E-state index in [0.717, 1.165) is 5.56 Å². The molecule has 0 unspecified atom stereocenters. The van der Waals surface area contributed by atoms with Crippen molar-refractivity contribution in [1.29, 1.82) is 0 Å². The van der Waals surface area contributed by atoms with E-state index in [1.807, 2.05) is 13.8 Å². The maximum atomic E-state index is 4.82. The second-order valence-corrected chi connectivity index (χ2v) is 2.88. The highest BCUT2D eigenvalue weighted by Gasteiger charge is 1.92. The van der Waals surface area contributed by atoms with Crippen LogP contribution in [0.25, 0.3) is 0 Å². The number of rotatable bonds is 1. The predicted molar refractivity (Wildman–Crippen MR) is 50.3 cm³/mol. The Morgan fingerprint density at radius 3 is 2.38 bits per heavy atom. The Morgan fingerprint density at radius 2 is 1.92 bits per heavy atom. The van der Waals surface area contributed by atoms with Crippen LogP contribution in [0.3, 0.4) is 0 Å². The van der Waals surface area contributed by atoms with E-state index in [4.69, 9.17) is 4.74 Å². The zero-order chi connectivity index (χ0) is 9.68. The lowest BCUT2D eigenvalue weighted by Gasteiger charge is -1.95. The van der Waals surface area contributed by atoms with Gasteiger partial charge in [-0.05, 0) is 0 Å². The highest BCUT2D eigenvalue weighted by molar-refractivity contribution is 5.30. The van der Waals surface area contributed by atoms with E-state index in [2.05, 4.69) is 21.8 Å². The molecule has 1 heterocycles. The predicted octanol–water partition coefficient (Wildman–Crippen LogP) is 1.49. The van der Waals surface area contributed by atoms with Crippen molar-refractivity contribution in [2.24, 2.45) is 5.92 Å². The highest BCUT2D eigenvalue weighted by Crippen LogP contribution is 2.00. The van der Waals surface area contributed by atoms with Gasteiger partial charge in [0.25, 0.3) is 0 Å². The second-order valence-electron chi connectivity index (χ2n) is 2.88. The van der Waals surface area contributed by atoms with Crippen LogP contribution in [0.1, 0.15) is 19.4 Å². The Morgan fingerprint density at radius 1 is 1.31 bits per heavy atom. The molecule has 0 aromatic carbocycles. The summed E-state index contributed by atoms with van der Waals surface area (Å²) in [5, 5.41) is 0. The molecule has 1 aromatic heterocycles. The SMILES string of the molecule is COc1ncc(C#CC(C)C)cn1. The number of hydrogen-bond acceptors (Lipinski definition) is 3. The lowest BCUT2D eigenvalue weighted by atomic mass is 10.2. The summed E-state index contributed by atoms with van der Waals surface area (Å²) in [7, 11) is 1.54. The van der Waals surface area contributed by atoms with Gasteiger partial charge in [-0.25, -0.2) is 9.97 Å². The van der Waals surface area contributed by atoms with E-state index in [0.29, 0.717) is 11.9 Å². The monoisotopic (exact) mass is 176 g/mol. The maximum Gasteiger partial charge on any atom is 0.316 e. The molecular weight excluding hydrogens is 164 g/mol. The molecule has 68 valence electrons. The van der Waals surface area contributed by atoms with Gasteiger partial charge in [-0.2, -0.15) is 0 Å². The Labute approximate surface area is 78.2 Å². The van der Waals surface area contributed by atoms with Gasteiger partial charge in [-0.15, -0.1) is 0 Å². The molecule has 0 saturated heterocycles. The topological polar surface area (TPSA) is 35.0 Å². The molecule has 0 bridgehead atoms. The van der Waals surface area contributed by atoms with E-state index in [1.165, 1.54) is 7.11 Å². The van der Waals surface area contributed by atoms with Crippen molar-refractivity contribution in [1.82, 2.24) is 9.97 Å². The largest absolute Gasteiger partial charge is 0.467 e. The molecule has 0 aliphatic rings. The van der Waals surface area contributed by atoms with Gasteiger partial charge in [0.1, 0.15) is 0 Å². The summed E-state index contributed by atoms with van der Waals surface area (Å²) < 4.78 is 4.82. The molecule has 0 fully saturated rings. The first-order valence-corrected chi connectivity index (χ1v) is 4.10. The molecule has 1 aromatic rings. The molecule has 0 amide bonds. The van der Waals surface area contributed by atoms with Gasteiger partial charge >= 0.3 is 6.01 Å². The van der Waals surface area contributed by atoms with Gasteiger partial charge in [0.15, 0.2) is 0 Å². The molecule has 13 heavy (non-hydrogen) atoms. The third kappa shape index (κ3) is 3.12. The summed E-state index contributed by atoms with van der Waals surface area (Å²) >= 11 is 0. The zero-order valence-corrected chi connectivity index (χ0v) is 8.03. The normalized spacial score (nSPS) is 9.23. The van der Waals surface area contributed by atoms with Crippen LogP contribution in [0.5, 0.6) is 6.01 Å². The fourth-order valence-electron chi connectivity index (χ4n) is 0.714.